The third kappa shape index (κ3) is 14.3. The quantitative estimate of drug-likeness (QED) is 0.208. The fourth-order valence-electron chi connectivity index (χ4n) is 4.04. The number of hydrogen-bond acceptors (Lipinski definition) is 1. The second-order valence-electron chi connectivity index (χ2n) is 9.58. The Labute approximate surface area is 170 Å². The van der Waals surface area contributed by atoms with Crippen molar-refractivity contribution in [2.75, 3.05) is 19.5 Å². The summed E-state index contributed by atoms with van der Waals surface area (Å²) in [5.41, 5.74) is 1.29. The van der Waals surface area contributed by atoms with Gasteiger partial charge in [0.1, 0.15) is 0 Å². The predicted octanol–water partition coefficient (Wildman–Crippen LogP) is 8.39. The van der Waals surface area contributed by atoms with Gasteiger partial charge in [-0.15, -0.1) is 0 Å². The van der Waals surface area contributed by atoms with Gasteiger partial charge in [-0.05, 0) is 0 Å². The van der Waals surface area contributed by atoms with Gasteiger partial charge in [0.2, 0.25) is 0 Å². The predicted molar refractivity (Wildman–Crippen MR) is 126 cm³/mol. The Kier molecular flexibility index (Phi) is 12.5. The summed E-state index contributed by atoms with van der Waals surface area (Å²) in [6, 6.07) is 10.5. The molecule has 0 aromatic heterocycles. The molecule has 0 aliphatic heterocycles. The van der Waals surface area contributed by atoms with E-state index in [1.54, 1.807) is 0 Å². The third-order valence-corrected chi connectivity index (χ3v) is 8.83. The second kappa shape index (κ2) is 13.7. The molecule has 0 unspecified atom stereocenters. The SMILES string of the molecule is CCCCCCCCCCCCCCCCP(C)(C)(O)Cc1ccccc1. The molecule has 0 amide bonds. The van der Waals surface area contributed by atoms with E-state index in [4.69, 9.17) is 0 Å². The van der Waals surface area contributed by atoms with Crippen molar-refractivity contribution in [3.05, 3.63) is 35.9 Å². The average molecular weight is 395 g/mol. The molecule has 0 fully saturated rings. The Morgan fingerprint density at radius 3 is 1.48 bits per heavy atom. The minimum atomic E-state index is -2.52. The van der Waals surface area contributed by atoms with E-state index in [2.05, 4.69) is 50.6 Å². The summed E-state index contributed by atoms with van der Waals surface area (Å²) >= 11 is 0. The number of rotatable bonds is 17. The maximum absolute atomic E-state index is 11.2. The van der Waals surface area contributed by atoms with Crippen LogP contribution < -0.4 is 0 Å². The number of benzene rings is 1. The van der Waals surface area contributed by atoms with Crippen LogP contribution in [0.3, 0.4) is 0 Å². The summed E-state index contributed by atoms with van der Waals surface area (Å²) < 4.78 is 0. The molecule has 0 aliphatic rings. The van der Waals surface area contributed by atoms with Crippen molar-refractivity contribution >= 4 is 6.83 Å². The zero-order chi connectivity index (χ0) is 19.9. The molecule has 1 aromatic rings. The Morgan fingerprint density at radius 2 is 1.04 bits per heavy atom. The summed E-state index contributed by atoms with van der Waals surface area (Å²) in [6.07, 6.45) is 21.3. The molecule has 1 N–H and O–H groups in total. The molecule has 0 bridgehead atoms. The Morgan fingerprint density at radius 1 is 0.630 bits per heavy atom. The van der Waals surface area contributed by atoms with Crippen LogP contribution >= 0.6 is 6.83 Å². The summed E-state index contributed by atoms with van der Waals surface area (Å²) in [7, 11) is 0. The molecule has 1 rings (SSSR count). The first-order chi connectivity index (χ1) is 12.9. The normalized spacial score (nSPS) is 13.4. The molecule has 0 heterocycles. The maximum atomic E-state index is 11.2. The molecule has 0 atom stereocenters. The molecule has 27 heavy (non-hydrogen) atoms. The molecule has 158 valence electrons. The van der Waals surface area contributed by atoms with Crippen molar-refractivity contribution in [2.45, 2.75) is 103 Å². The summed E-state index contributed by atoms with van der Waals surface area (Å²) in [6.45, 7) is 4.05. The summed E-state index contributed by atoms with van der Waals surface area (Å²) in [5.74, 6) is 0. The van der Waals surface area contributed by atoms with Gasteiger partial charge in [0, 0.05) is 0 Å². The van der Waals surface area contributed by atoms with Gasteiger partial charge in [0.15, 0.2) is 0 Å². The Balaban J connectivity index is 1.96. The number of hydrogen-bond donors (Lipinski definition) is 1. The third-order valence-electron chi connectivity index (χ3n) is 5.74. The van der Waals surface area contributed by atoms with Gasteiger partial charge >= 0.3 is 144 Å². The second-order valence-corrected chi connectivity index (χ2v) is 15.6. The van der Waals surface area contributed by atoms with Crippen molar-refractivity contribution in [2.24, 2.45) is 0 Å². The van der Waals surface area contributed by atoms with E-state index in [0.29, 0.717) is 0 Å². The molecule has 0 saturated heterocycles. The Bertz CT molecular complexity index is 460. The first kappa shape index (κ1) is 24.6. The first-order valence-electron chi connectivity index (χ1n) is 11.7. The standard InChI is InChI=1S/C25H47OP/c1-4-5-6-7-8-9-10-11-12-13-14-15-16-20-23-27(2,3,26)24-25-21-18-17-19-22-25/h17-19,21-22,26H,4-16,20,23-24H2,1-3H3. The van der Waals surface area contributed by atoms with Gasteiger partial charge < -0.3 is 0 Å². The fourth-order valence-corrected chi connectivity index (χ4v) is 6.79. The number of unbranched alkanes of at least 4 members (excludes halogenated alkanes) is 13. The van der Waals surface area contributed by atoms with Crippen LogP contribution in [0, 0.1) is 0 Å². The van der Waals surface area contributed by atoms with Crippen molar-refractivity contribution < 1.29 is 4.89 Å². The monoisotopic (exact) mass is 394 g/mol. The van der Waals surface area contributed by atoms with E-state index < -0.39 is 6.83 Å². The van der Waals surface area contributed by atoms with Gasteiger partial charge in [-0.3, -0.25) is 0 Å². The van der Waals surface area contributed by atoms with Crippen LogP contribution in [0.25, 0.3) is 0 Å². The molecule has 0 saturated carbocycles. The van der Waals surface area contributed by atoms with E-state index in [0.717, 1.165) is 12.3 Å². The zero-order valence-electron chi connectivity index (χ0n) is 18.6. The van der Waals surface area contributed by atoms with E-state index in [-0.39, 0.29) is 0 Å². The van der Waals surface area contributed by atoms with Crippen LogP contribution in [-0.2, 0) is 6.16 Å². The van der Waals surface area contributed by atoms with E-state index in [1.165, 1.54) is 95.5 Å². The molecule has 1 nitrogen and oxygen atoms in total. The van der Waals surface area contributed by atoms with Crippen LogP contribution in [0.2, 0.25) is 0 Å². The van der Waals surface area contributed by atoms with Gasteiger partial charge in [0.05, 0.1) is 0 Å². The average Bonchev–Trinajstić information content (AvgIpc) is 2.62. The van der Waals surface area contributed by atoms with Crippen LogP contribution in [0.1, 0.15) is 102 Å². The zero-order valence-corrected chi connectivity index (χ0v) is 19.5. The minimum absolute atomic E-state index is 0.866. The van der Waals surface area contributed by atoms with Crippen molar-refractivity contribution in [1.29, 1.82) is 0 Å². The molecular formula is C25H47OP. The van der Waals surface area contributed by atoms with Crippen molar-refractivity contribution in [3.63, 3.8) is 0 Å². The van der Waals surface area contributed by atoms with Gasteiger partial charge in [0.25, 0.3) is 0 Å². The topological polar surface area (TPSA) is 20.2 Å². The van der Waals surface area contributed by atoms with Crippen LogP contribution in [-0.4, -0.2) is 24.4 Å². The molecular weight excluding hydrogens is 347 g/mol. The van der Waals surface area contributed by atoms with E-state index in [1.807, 2.05) is 0 Å². The molecule has 0 aliphatic carbocycles. The molecule has 0 spiro atoms. The van der Waals surface area contributed by atoms with Gasteiger partial charge in [-0.25, -0.2) is 0 Å². The molecule has 0 radical (unpaired) electrons. The van der Waals surface area contributed by atoms with Gasteiger partial charge in [-0.1, -0.05) is 26.2 Å². The summed E-state index contributed by atoms with van der Waals surface area (Å²) in [4.78, 5) is 11.2. The molecule has 1 aromatic carbocycles. The molecule has 2 heteroatoms. The summed E-state index contributed by atoms with van der Waals surface area (Å²) in [5, 5.41) is 0. The van der Waals surface area contributed by atoms with Crippen LogP contribution in [0.15, 0.2) is 30.3 Å². The first-order valence-corrected chi connectivity index (χ1v) is 15.2. The Hall–Kier alpha value is -0.390. The van der Waals surface area contributed by atoms with Crippen LogP contribution in [0.5, 0.6) is 0 Å². The fraction of sp³-hybridized carbons (Fsp3) is 0.760. The van der Waals surface area contributed by atoms with Crippen LogP contribution in [0.4, 0.5) is 0 Å². The van der Waals surface area contributed by atoms with E-state index >= 15 is 0 Å². The van der Waals surface area contributed by atoms with Crippen molar-refractivity contribution in [1.82, 2.24) is 0 Å². The van der Waals surface area contributed by atoms with Crippen molar-refractivity contribution in [3.8, 4) is 0 Å². The van der Waals surface area contributed by atoms with E-state index in [9.17, 15) is 4.89 Å². The van der Waals surface area contributed by atoms with Gasteiger partial charge in [-0.2, -0.15) is 0 Å².